The largest absolute Gasteiger partial charge is 0.361 e. The molecule has 1 unspecified atom stereocenters. The molecule has 0 aliphatic carbocycles. The van der Waals surface area contributed by atoms with E-state index in [2.05, 4.69) is 11.8 Å². The molecule has 2 nitrogen and oxygen atoms in total. The van der Waals surface area contributed by atoms with Gasteiger partial charge in [0.15, 0.2) is 0 Å². The molecule has 1 aromatic rings. The van der Waals surface area contributed by atoms with Crippen LogP contribution in [0.3, 0.4) is 0 Å². The van der Waals surface area contributed by atoms with Crippen molar-refractivity contribution in [3.8, 4) is 0 Å². The predicted octanol–water partition coefficient (Wildman–Crippen LogP) is 0.917. The summed E-state index contributed by atoms with van der Waals surface area (Å²) < 4.78 is 4.81. The Balaban J connectivity index is 2.84. The zero-order valence-electron chi connectivity index (χ0n) is 4.93. The number of aromatic nitrogens is 1. The van der Waals surface area contributed by atoms with Crippen LogP contribution in [0.4, 0.5) is 0 Å². The van der Waals surface area contributed by atoms with Crippen LogP contribution in [0.2, 0.25) is 0 Å². The van der Waals surface area contributed by atoms with Crippen molar-refractivity contribution in [2.24, 2.45) is 0 Å². The lowest BCUT2D eigenvalue weighted by atomic mass is 10.5. The molecule has 0 amide bonds. The van der Waals surface area contributed by atoms with E-state index < -0.39 is 0 Å². The van der Waals surface area contributed by atoms with Gasteiger partial charge in [0.2, 0.25) is 0 Å². The first kappa shape index (κ1) is 5.77. The van der Waals surface area contributed by atoms with E-state index in [0.717, 1.165) is 19.8 Å². The Morgan fingerprint density at radius 1 is 1.75 bits per heavy atom. The fourth-order valence-electron chi connectivity index (χ4n) is 0.484. The van der Waals surface area contributed by atoms with Crippen molar-refractivity contribution in [2.45, 2.75) is 6.92 Å². The standard InChI is InChI=1S/C5H8NOP/c1-4-3-5(8-2)6-7-4/h3,8H,1-2H3. The molecule has 1 heterocycles. The van der Waals surface area contributed by atoms with E-state index in [1.54, 1.807) is 0 Å². The van der Waals surface area contributed by atoms with Crippen LogP contribution >= 0.6 is 8.58 Å². The topological polar surface area (TPSA) is 26.0 Å². The molecule has 1 rings (SSSR count). The zero-order valence-corrected chi connectivity index (χ0v) is 5.93. The van der Waals surface area contributed by atoms with E-state index in [9.17, 15) is 0 Å². The molecule has 0 aliphatic rings. The molecular formula is C5H8NOP. The van der Waals surface area contributed by atoms with Gasteiger partial charge in [-0.15, -0.1) is 0 Å². The Morgan fingerprint density at radius 2 is 2.50 bits per heavy atom. The van der Waals surface area contributed by atoms with Gasteiger partial charge in [-0.1, -0.05) is 13.7 Å². The number of aryl methyl sites for hydroxylation is 1. The average Bonchev–Trinajstić information content (AvgIpc) is 2.14. The molecule has 0 fully saturated rings. The highest BCUT2D eigenvalue weighted by molar-refractivity contribution is 7.45. The molecule has 0 saturated carbocycles. The second-order valence-electron chi connectivity index (χ2n) is 1.57. The molecule has 3 heteroatoms. The normalized spacial score (nSPS) is 11.2. The van der Waals surface area contributed by atoms with Gasteiger partial charge in [0, 0.05) is 6.07 Å². The Kier molecular flexibility index (Phi) is 1.64. The third-order valence-electron chi connectivity index (χ3n) is 0.884. The highest BCUT2D eigenvalue weighted by Gasteiger charge is 1.93. The minimum absolute atomic E-state index is 0.746. The molecule has 0 radical (unpaired) electrons. The molecule has 1 atom stereocenters. The molecule has 0 spiro atoms. The number of rotatable bonds is 1. The van der Waals surface area contributed by atoms with Gasteiger partial charge in [-0.25, -0.2) is 0 Å². The molecule has 0 aromatic carbocycles. The number of hydrogen-bond acceptors (Lipinski definition) is 2. The Labute approximate surface area is 50.0 Å². The van der Waals surface area contributed by atoms with E-state index in [1.165, 1.54) is 0 Å². The van der Waals surface area contributed by atoms with Crippen molar-refractivity contribution < 1.29 is 4.52 Å². The first-order chi connectivity index (χ1) is 3.83. The summed E-state index contributed by atoms with van der Waals surface area (Å²) in [6.07, 6.45) is 0. The SMILES string of the molecule is CPc1cc(C)on1. The Morgan fingerprint density at radius 3 is 2.75 bits per heavy atom. The number of hydrogen-bond donors (Lipinski definition) is 0. The molecule has 0 bridgehead atoms. The quantitative estimate of drug-likeness (QED) is 0.527. The fraction of sp³-hybridized carbons (Fsp3) is 0.400. The van der Waals surface area contributed by atoms with Crippen LogP contribution in [0.15, 0.2) is 10.6 Å². The molecule has 0 saturated heterocycles. The van der Waals surface area contributed by atoms with Crippen molar-refractivity contribution in [2.75, 3.05) is 6.66 Å². The van der Waals surface area contributed by atoms with Gasteiger partial charge in [-0.05, 0) is 13.6 Å². The summed E-state index contributed by atoms with van der Waals surface area (Å²) in [5, 5.41) is 3.77. The minimum atomic E-state index is 0.746. The van der Waals surface area contributed by atoms with Gasteiger partial charge in [0.25, 0.3) is 0 Å². The zero-order chi connectivity index (χ0) is 5.98. The van der Waals surface area contributed by atoms with E-state index in [-0.39, 0.29) is 0 Å². The first-order valence-corrected chi connectivity index (χ1v) is 3.94. The fourth-order valence-corrected chi connectivity index (χ4v) is 0.969. The molecular weight excluding hydrogens is 121 g/mol. The lowest BCUT2D eigenvalue weighted by molar-refractivity contribution is 0.402. The summed E-state index contributed by atoms with van der Waals surface area (Å²) >= 11 is 0. The van der Waals surface area contributed by atoms with Crippen LogP contribution in [-0.2, 0) is 0 Å². The van der Waals surface area contributed by atoms with Gasteiger partial charge in [-0.2, -0.15) is 0 Å². The molecule has 8 heavy (non-hydrogen) atoms. The highest BCUT2D eigenvalue weighted by atomic mass is 31.1. The summed E-state index contributed by atoms with van der Waals surface area (Å²) in [7, 11) is 0.746. The molecule has 0 aliphatic heterocycles. The maximum absolute atomic E-state index is 4.81. The lowest BCUT2D eigenvalue weighted by Gasteiger charge is -1.75. The minimum Gasteiger partial charge on any atom is -0.361 e. The summed E-state index contributed by atoms with van der Waals surface area (Å²) in [6, 6.07) is 1.96. The molecule has 1 aromatic heterocycles. The number of nitrogens with zero attached hydrogens (tertiary/aromatic N) is 1. The van der Waals surface area contributed by atoms with Gasteiger partial charge in [0.1, 0.15) is 11.2 Å². The molecule has 0 N–H and O–H groups in total. The van der Waals surface area contributed by atoms with Crippen LogP contribution in [0, 0.1) is 6.92 Å². The maximum Gasteiger partial charge on any atom is 0.134 e. The highest BCUT2D eigenvalue weighted by Crippen LogP contribution is 2.02. The van der Waals surface area contributed by atoms with Gasteiger partial charge >= 0.3 is 0 Å². The second-order valence-corrected chi connectivity index (χ2v) is 2.59. The summed E-state index contributed by atoms with van der Waals surface area (Å²) in [6.45, 7) is 3.98. The predicted molar refractivity (Wildman–Crippen MR) is 35.1 cm³/mol. The van der Waals surface area contributed by atoms with Gasteiger partial charge in [-0.3, -0.25) is 0 Å². The van der Waals surface area contributed by atoms with Crippen LogP contribution < -0.4 is 5.44 Å². The van der Waals surface area contributed by atoms with E-state index in [4.69, 9.17) is 4.52 Å². The van der Waals surface area contributed by atoms with Crippen LogP contribution in [0.25, 0.3) is 0 Å². The van der Waals surface area contributed by atoms with Crippen molar-refractivity contribution in [3.05, 3.63) is 11.8 Å². The van der Waals surface area contributed by atoms with Crippen LogP contribution in [-0.4, -0.2) is 11.8 Å². The van der Waals surface area contributed by atoms with Crippen molar-refractivity contribution >= 4 is 14.0 Å². The Bertz CT molecular complexity index is 173. The third-order valence-corrected chi connectivity index (χ3v) is 1.63. The van der Waals surface area contributed by atoms with Crippen LogP contribution in [0.1, 0.15) is 5.76 Å². The summed E-state index contributed by atoms with van der Waals surface area (Å²) in [4.78, 5) is 0. The molecule has 44 valence electrons. The average molecular weight is 129 g/mol. The van der Waals surface area contributed by atoms with Crippen LogP contribution in [0.5, 0.6) is 0 Å². The maximum atomic E-state index is 4.81. The lowest BCUT2D eigenvalue weighted by Crippen LogP contribution is -1.89. The first-order valence-electron chi connectivity index (χ1n) is 2.44. The van der Waals surface area contributed by atoms with Gasteiger partial charge in [0.05, 0.1) is 0 Å². The summed E-state index contributed by atoms with van der Waals surface area (Å²) in [5.74, 6) is 0.898. The van der Waals surface area contributed by atoms with E-state index in [0.29, 0.717) is 0 Å². The Hall–Kier alpha value is -0.360. The van der Waals surface area contributed by atoms with Crippen molar-refractivity contribution in [1.29, 1.82) is 0 Å². The summed E-state index contributed by atoms with van der Waals surface area (Å²) in [5.41, 5.74) is 1.06. The van der Waals surface area contributed by atoms with Crippen molar-refractivity contribution in [3.63, 3.8) is 0 Å². The van der Waals surface area contributed by atoms with E-state index in [1.807, 2.05) is 13.0 Å². The second kappa shape index (κ2) is 2.27. The van der Waals surface area contributed by atoms with Gasteiger partial charge < -0.3 is 4.52 Å². The van der Waals surface area contributed by atoms with Crippen molar-refractivity contribution in [1.82, 2.24) is 5.16 Å². The monoisotopic (exact) mass is 129 g/mol. The third kappa shape index (κ3) is 1.07. The van der Waals surface area contributed by atoms with E-state index >= 15 is 0 Å². The smallest absolute Gasteiger partial charge is 0.134 e.